The second kappa shape index (κ2) is 8.51. The summed E-state index contributed by atoms with van der Waals surface area (Å²) in [5.74, 6) is 0. The fourth-order valence-corrected chi connectivity index (χ4v) is 6.95. The molecule has 0 bridgehead atoms. The predicted octanol–water partition coefficient (Wildman–Crippen LogP) is 4.13. The molecular weight excluding hydrogens is 460 g/mol. The van der Waals surface area contributed by atoms with Crippen molar-refractivity contribution in [3.63, 3.8) is 0 Å². The molecule has 3 aromatic rings. The first-order valence-corrected chi connectivity index (χ1v) is 13.0. The quantitative estimate of drug-likeness (QED) is 0.553. The van der Waals surface area contributed by atoms with Crippen LogP contribution in [-0.2, 0) is 21.4 Å². The number of sulfonamides is 1. The number of aryl methyl sites for hydroxylation is 2. The first-order valence-electron chi connectivity index (χ1n) is 10.8. The van der Waals surface area contributed by atoms with Gasteiger partial charge in [0.2, 0.25) is 5.03 Å². The van der Waals surface area contributed by atoms with Crippen LogP contribution in [-0.4, -0.2) is 46.7 Å². The SMILES string of the molecule is Cc1cccc(-c2nsnc2S(=O)(=O)N2CCC(N3C(=O)OCc4cccc(C)c43)CC2)c1. The zero-order valence-corrected chi connectivity index (χ0v) is 20.0. The van der Waals surface area contributed by atoms with E-state index in [9.17, 15) is 13.2 Å². The van der Waals surface area contributed by atoms with Crippen molar-refractivity contribution >= 4 is 33.5 Å². The molecule has 0 radical (unpaired) electrons. The van der Waals surface area contributed by atoms with Crippen LogP contribution in [0.15, 0.2) is 47.5 Å². The number of fused-ring (bicyclic) bond motifs is 1. The minimum absolute atomic E-state index is 0.00452. The first-order chi connectivity index (χ1) is 15.9. The molecule has 0 atom stereocenters. The maximum absolute atomic E-state index is 13.5. The van der Waals surface area contributed by atoms with Gasteiger partial charge in [-0.2, -0.15) is 13.1 Å². The van der Waals surface area contributed by atoms with E-state index in [1.807, 2.05) is 56.3 Å². The number of carbonyl (C=O) groups is 1. The van der Waals surface area contributed by atoms with Crippen molar-refractivity contribution in [1.82, 2.24) is 13.1 Å². The molecule has 1 aromatic heterocycles. The van der Waals surface area contributed by atoms with Crippen LogP contribution in [0, 0.1) is 13.8 Å². The molecule has 0 unspecified atom stereocenters. The highest BCUT2D eigenvalue weighted by Gasteiger charge is 2.39. The van der Waals surface area contributed by atoms with Crippen LogP contribution in [0.25, 0.3) is 11.3 Å². The van der Waals surface area contributed by atoms with Gasteiger partial charge in [-0.15, -0.1) is 0 Å². The maximum atomic E-state index is 13.5. The molecule has 1 saturated heterocycles. The van der Waals surface area contributed by atoms with E-state index in [0.29, 0.717) is 31.6 Å². The number of benzene rings is 2. The van der Waals surface area contributed by atoms with Crippen LogP contribution in [0.1, 0.15) is 29.5 Å². The van der Waals surface area contributed by atoms with Gasteiger partial charge in [0.15, 0.2) is 0 Å². The summed E-state index contributed by atoms with van der Waals surface area (Å²) in [5, 5.41) is -0.00452. The smallest absolute Gasteiger partial charge is 0.414 e. The molecule has 5 rings (SSSR count). The molecule has 1 amide bonds. The molecule has 0 aliphatic carbocycles. The van der Waals surface area contributed by atoms with Crippen LogP contribution < -0.4 is 4.90 Å². The van der Waals surface area contributed by atoms with Gasteiger partial charge in [0.05, 0.1) is 17.4 Å². The second-order valence-electron chi connectivity index (χ2n) is 8.43. The van der Waals surface area contributed by atoms with Gasteiger partial charge in [-0.05, 0) is 38.3 Å². The average molecular weight is 485 g/mol. The van der Waals surface area contributed by atoms with Gasteiger partial charge >= 0.3 is 6.09 Å². The highest BCUT2D eigenvalue weighted by Crippen LogP contribution is 2.36. The third-order valence-corrected chi connectivity index (χ3v) is 8.70. The number of hydrogen-bond acceptors (Lipinski definition) is 7. The molecule has 2 aliphatic heterocycles. The number of nitrogens with zero attached hydrogens (tertiary/aromatic N) is 4. The highest BCUT2D eigenvalue weighted by molar-refractivity contribution is 7.89. The number of carbonyl (C=O) groups excluding carboxylic acids is 1. The molecular formula is C23H24N4O4S2. The Morgan fingerprint density at radius 3 is 2.58 bits per heavy atom. The summed E-state index contributed by atoms with van der Waals surface area (Å²) in [6, 6.07) is 13.3. The van der Waals surface area contributed by atoms with Gasteiger partial charge in [0.1, 0.15) is 12.3 Å². The lowest BCUT2D eigenvalue weighted by molar-refractivity contribution is 0.135. The van der Waals surface area contributed by atoms with E-state index in [4.69, 9.17) is 4.74 Å². The number of rotatable bonds is 4. The van der Waals surface area contributed by atoms with Crippen molar-refractivity contribution in [2.45, 2.75) is 44.4 Å². The Kier molecular flexibility index (Phi) is 5.67. The molecule has 10 heteroatoms. The third kappa shape index (κ3) is 3.92. The standard InChI is InChI=1S/C23H24N4O4S2/c1-15-5-3-7-17(13-15)20-22(25-32-24-20)33(29,30)26-11-9-19(10-12-26)27-21-16(2)6-4-8-18(21)14-31-23(27)28/h3-8,13,19H,9-12,14H2,1-2H3. The lowest BCUT2D eigenvalue weighted by Crippen LogP contribution is -2.50. The number of anilines is 1. The van der Waals surface area contributed by atoms with E-state index in [1.54, 1.807) is 4.90 Å². The van der Waals surface area contributed by atoms with Crippen molar-refractivity contribution in [3.8, 4) is 11.3 Å². The minimum atomic E-state index is -3.81. The Hall–Kier alpha value is -2.82. The van der Waals surface area contributed by atoms with E-state index in [2.05, 4.69) is 8.75 Å². The summed E-state index contributed by atoms with van der Waals surface area (Å²) >= 11 is 0.900. The van der Waals surface area contributed by atoms with Crippen molar-refractivity contribution < 1.29 is 17.9 Å². The molecule has 2 aromatic carbocycles. The van der Waals surface area contributed by atoms with Crippen LogP contribution in [0.3, 0.4) is 0 Å². The van der Waals surface area contributed by atoms with Crippen LogP contribution in [0.4, 0.5) is 10.5 Å². The van der Waals surface area contributed by atoms with Gasteiger partial charge in [-0.1, -0.05) is 42.0 Å². The van der Waals surface area contributed by atoms with Gasteiger partial charge in [0.25, 0.3) is 10.0 Å². The Labute approximate surface area is 197 Å². The van der Waals surface area contributed by atoms with Gasteiger partial charge in [0, 0.05) is 30.3 Å². The molecule has 0 saturated carbocycles. The summed E-state index contributed by atoms with van der Waals surface area (Å²) < 4.78 is 42.2. The summed E-state index contributed by atoms with van der Waals surface area (Å²) in [7, 11) is -3.81. The van der Waals surface area contributed by atoms with Crippen molar-refractivity contribution in [2.24, 2.45) is 0 Å². The lowest BCUT2D eigenvalue weighted by Gasteiger charge is -2.40. The van der Waals surface area contributed by atoms with Gasteiger partial charge < -0.3 is 4.74 Å². The third-order valence-electron chi connectivity index (χ3n) is 6.23. The van der Waals surface area contributed by atoms with E-state index >= 15 is 0 Å². The monoisotopic (exact) mass is 484 g/mol. The molecule has 33 heavy (non-hydrogen) atoms. The Morgan fingerprint density at radius 1 is 1.06 bits per heavy atom. The maximum Gasteiger partial charge on any atom is 0.414 e. The zero-order valence-electron chi connectivity index (χ0n) is 18.4. The molecule has 0 spiro atoms. The minimum Gasteiger partial charge on any atom is -0.444 e. The first kappa shape index (κ1) is 22.0. The molecule has 8 nitrogen and oxygen atoms in total. The van der Waals surface area contributed by atoms with Gasteiger partial charge in [-0.25, -0.2) is 13.2 Å². The van der Waals surface area contributed by atoms with E-state index in [-0.39, 0.29) is 23.8 Å². The Morgan fingerprint density at radius 2 is 1.82 bits per heavy atom. The largest absolute Gasteiger partial charge is 0.444 e. The number of para-hydroxylation sites is 1. The summed E-state index contributed by atoms with van der Waals surface area (Å²) in [5.41, 5.74) is 5.01. The van der Waals surface area contributed by atoms with E-state index in [0.717, 1.165) is 39.7 Å². The average Bonchev–Trinajstić information content (AvgIpc) is 3.31. The predicted molar refractivity (Wildman–Crippen MR) is 126 cm³/mol. The Balaban J connectivity index is 1.38. The summed E-state index contributed by atoms with van der Waals surface area (Å²) in [4.78, 5) is 14.4. The van der Waals surface area contributed by atoms with Crippen LogP contribution >= 0.6 is 11.7 Å². The number of hydrogen-bond donors (Lipinski definition) is 0. The van der Waals surface area contributed by atoms with Crippen molar-refractivity contribution in [1.29, 1.82) is 0 Å². The number of ether oxygens (including phenoxy) is 1. The van der Waals surface area contributed by atoms with Crippen LogP contribution in [0.2, 0.25) is 0 Å². The summed E-state index contributed by atoms with van der Waals surface area (Å²) in [6.45, 7) is 4.78. The fourth-order valence-electron chi connectivity index (χ4n) is 4.59. The lowest BCUT2D eigenvalue weighted by atomic mass is 10.00. The number of cyclic esters (lactones) is 1. The topological polar surface area (TPSA) is 92.7 Å². The molecule has 172 valence electrons. The number of piperidine rings is 1. The number of aromatic nitrogens is 2. The summed E-state index contributed by atoms with van der Waals surface area (Å²) in [6.07, 6.45) is 0.655. The second-order valence-corrected chi connectivity index (χ2v) is 10.8. The normalized spacial score (nSPS) is 17.6. The van der Waals surface area contributed by atoms with E-state index < -0.39 is 10.0 Å². The molecule has 1 fully saturated rings. The molecule has 2 aliphatic rings. The van der Waals surface area contributed by atoms with E-state index in [1.165, 1.54) is 4.31 Å². The van der Waals surface area contributed by atoms with Gasteiger partial charge in [-0.3, -0.25) is 4.90 Å². The highest BCUT2D eigenvalue weighted by atomic mass is 32.2. The van der Waals surface area contributed by atoms with Crippen LogP contribution in [0.5, 0.6) is 0 Å². The molecule has 3 heterocycles. The fraction of sp³-hybridized carbons (Fsp3) is 0.348. The Bertz CT molecular complexity index is 1310. The zero-order chi connectivity index (χ0) is 23.2. The van der Waals surface area contributed by atoms with Crippen molar-refractivity contribution in [3.05, 3.63) is 59.2 Å². The van der Waals surface area contributed by atoms with Crippen molar-refractivity contribution in [2.75, 3.05) is 18.0 Å². The number of amides is 1. The molecule has 0 N–H and O–H groups in total.